The van der Waals surface area contributed by atoms with Crippen LogP contribution in [0.4, 0.5) is 34.6 Å². The number of alkyl halides is 3. The summed E-state index contributed by atoms with van der Waals surface area (Å²) in [7, 11) is 0. The van der Waals surface area contributed by atoms with Crippen molar-refractivity contribution in [1.82, 2.24) is 30.5 Å². The summed E-state index contributed by atoms with van der Waals surface area (Å²) in [6.07, 6.45) is -0.929. The Hall–Kier alpha value is -4.60. The molecule has 3 amide bonds. The van der Waals surface area contributed by atoms with Crippen LogP contribution in [0.25, 0.3) is 33.2 Å². The van der Waals surface area contributed by atoms with E-state index in [2.05, 4.69) is 35.8 Å². The van der Waals surface area contributed by atoms with Gasteiger partial charge in [-0.05, 0) is 45.7 Å². The Bertz CT molecular complexity index is 1630. The van der Waals surface area contributed by atoms with E-state index in [1.807, 2.05) is 13.8 Å². The number of carbonyl (C=O) groups is 2. The predicted octanol–water partition coefficient (Wildman–Crippen LogP) is 6.87. The van der Waals surface area contributed by atoms with Crippen LogP contribution in [0.3, 0.4) is 0 Å². The molecule has 0 spiro atoms. The van der Waals surface area contributed by atoms with Crippen molar-refractivity contribution in [3.63, 3.8) is 0 Å². The first-order chi connectivity index (χ1) is 20.6. The van der Waals surface area contributed by atoms with Crippen LogP contribution >= 0.6 is 11.3 Å². The first kappa shape index (κ1) is 32.3. The molecule has 0 aromatic carbocycles. The number of nitrogens with one attached hydrogen (secondary N) is 2. The number of hydrogen-bond donors (Lipinski definition) is 2. The number of halogens is 3. The first-order valence-electron chi connectivity index (χ1n) is 13.5. The molecule has 4 heterocycles. The summed E-state index contributed by atoms with van der Waals surface area (Å²) < 4.78 is 51.5. The Balaban J connectivity index is 1.73. The van der Waals surface area contributed by atoms with Gasteiger partial charge in [0.25, 0.3) is 5.89 Å². The molecule has 0 unspecified atom stereocenters. The van der Waals surface area contributed by atoms with Crippen LogP contribution in [0.1, 0.15) is 47.2 Å². The minimum absolute atomic E-state index is 0.0457. The third-order valence-electron chi connectivity index (χ3n) is 5.61. The van der Waals surface area contributed by atoms with Crippen molar-refractivity contribution in [3.8, 4) is 33.2 Å². The number of hydrogen-bond acceptors (Lipinski definition) is 10. The van der Waals surface area contributed by atoms with E-state index in [0.717, 1.165) is 16.7 Å². The van der Waals surface area contributed by atoms with Crippen molar-refractivity contribution < 1.29 is 31.9 Å². The topological polar surface area (TPSA) is 148 Å². The fourth-order valence-corrected chi connectivity index (χ4v) is 4.69. The second-order valence-corrected chi connectivity index (χ2v) is 11.8. The second kappa shape index (κ2) is 13.0. The van der Waals surface area contributed by atoms with Crippen molar-refractivity contribution in [1.29, 1.82) is 0 Å². The zero-order valence-electron chi connectivity index (χ0n) is 24.8. The molecular formula is C28H31F3N8O4S. The highest BCUT2D eigenvalue weighted by Crippen LogP contribution is 2.39. The van der Waals surface area contributed by atoms with Crippen molar-refractivity contribution in [3.05, 3.63) is 41.8 Å². The molecule has 44 heavy (non-hydrogen) atoms. The zero-order valence-corrected chi connectivity index (χ0v) is 25.6. The minimum Gasteiger partial charge on any atom is -0.443 e. The molecule has 4 rings (SSSR count). The molecule has 0 radical (unpaired) electrons. The molecule has 0 atom stereocenters. The second-order valence-electron chi connectivity index (χ2n) is 11.0. The van der Waals surface area contributed by atoms with Crippen LogP contribution in [0.2, 0.25) is 0 Å². The van der Waals surface area contributed by atoms with Gasteiger partial charge in [-0.2, -0.15) is 13.2 Å². The van der Waals surface area contributed by atoms with Crippen LogP contribution in [-0.2, 0) is 10.9 Å². The summed E-state index contributed by atoms with van der Waals surface area (Å²) in [5.41, 5.74) is -0.295. The average Bonchev–Trinajstić information content (AvgIpc) is 3.62. The Kier molecular flexibility index (Phi) is 9.51. The zero-order chi connectivity index (χ0) is 32.2. The number of amides is 3. The van der Waals surface area contributed by atoms with E-state index in [4.69, 9.17) is 9.15 Å². The standard InChI is InChI=1S/C28H31F3N8O4S/c1-7-33-24(40)36-21-9-18(23-35-20(14-44-23)28(29,30)31)19(12-34-21)16-8-17(11-32-10-16)22-37-38-25(42-22)39(13-15(2)3)26(41)43-27(4,5)6/h8-12,14-15H,7,13H2,1-6H3,(H2,33,34,36,40). The molecule has 0 fully saturated rings. The van der Waals surface area contributed by atoms with E-state index >= 15 is 0 Å². The van der Waals surface area contributed by atoms with Crippen molar-refractivity contribution in [2.75, 3.05) is 23.3 Å². The smallest absolute Gasteiger partial charge is 0.434 e. The maximum atomic E-state index is 13.4. The Morgan fingerprint density at radius 1 is 1.07 bits per heavy atom. The molecule has 0 aliphatic heterocycles. The average molecular weight is 633 g/mol. The van der Waals surface area contributed by atoms with Gasteiger partial charge < -0.3 is 14.5 Å². The molecular weight excluding hydrogens is 601 g/mol. The fourth-order valence-electron chi connectivity index (χ4n) is 3.84. The molecule has 0 bridgehead atoms. The number of urea groups is 1. The predicted molar refractivity (Wildman–Crippen MR) is 158 cm³/mol. The number of carbonyl (C=O) groups excluding carboxylic acids is 2. The van der Waals surface area contributed by atoms with E-state index in [9.17, 15) is 22.8 Å². The normalized spacial score (nSPS) is 11.9. The fraction of sp³-hybridized carbons (Fsp3) is 0.393. The quantitative estimate of drug-likeness (QED) is 0.212. The number of pyridine rings is 2. The Labute approximate surface area is 255 Å². The third-order valence-corrected chi connectivity index (χ3v) is 6.49. The van der Waals surface area contributed by atoms with E-state index in [1.54, 1.807) is 33.8 Å². The van der Waals surface area contributed by atoms with E-state index in [0.29, 0.717) is 23.2 Å². The lowest BCUT2D eigenvalue weighted by atomic mass is 10.0. The lowest BCUT2D eigenvalue weighted by molar-refractivity contribution is -0.140. The summed E-state index contributed by atoms with van der Waals surface area (Å²) in [6.45, 7) is 11.4. The van der Waals surface area contributed by atoms with Gasteiger partial charge in [0.1, 0.15) is 16.4 Å². The van der Waals surface area contributed by atoms with E-state index < -0.39 is 29.6 Å². The Morgan fingerprint density at radius 3 is 2.43 bits per heavy atom. The van der Waals surface area contributed by atoms with Gasteiger partial charge in [0.15, 0.2) is 5.69 Å². The summed E-state index contributed by atoms with van der Waals surface area (Å²) in [5.74, 6) is 0.212. The lowest BCUT2D eigenvalue weighted by Gasteiger charge is -2.25. The van der Waals surface area contributed by atoms with Gasteiger partial charge in [-0.25, -0.2) is 24.5 Å². The molecule has 12 nitrogen and oxygen atoms in total. The minimum atomic E-state index is -4.63. The van der Waals surface area contributed by atoms with Gasteiger partial charge in [-0.3, -0.25) is 10.3 Å². The third kappa shape index (κ3) is 8.06. The van der Waals surface area contributed by atoms with Gasteiger partial charge in [-0.1, -0.05) is 18.9 Å². The molecule has 0 aliphatic carbocycles. The lowest BCUT2D eigenvalue weighted by Crippen LogP contribution is -2.39. The van der Waals surface area contributed by atoms with Gasteiger partial charge in [0.2, 0.25) is 0 Å². The molecule has 0 saturated heterocycles. The number of aromatic nitrogens is 5. The molecule has 16 heteroatoms. The van der Waals surface area contributed by atoms with Crippen LogP contribution < -0.4 is 15.5 Å². The number of rotatable bonds is 8. The largest absolute Gasteiger partial charge is 0.443 e. The molecule has 4 aromatic heterocycles. The monoisotopic (exact) mass is 632 g/mol. The number of anilines is 2. The SMILES string of the molecule is CCNC(=O)Nc1cc(-c2nc(C(F)(F)F)cs2)c(-c2cncc(-c3nnc(N(CC(C)C)C(=O)OC(C)(C)C)o3)c2)cn1. The number of ether oxygens (including phenoxy) is 1. The maximum Gasteiger partial charge on any atom is 0.434 e. The van der Waals surface area contributed by atoms with Crippen LogP contribution in [0.5, 0.6) is 0 Å². The van der Waals surface area contributed by atoms with Crippen molar-refractivity contribution in [2.45, 2.75) is 53.3 Å². The van der Waals surface area contributed by atoms with Gasteiger partial charge >= 0.3 is 24.3 Å². The van der Waals surface area contributed by atoms with E-state index in [-0.39, 0.29) is 40.8 Å². The molecule has 0 aliphatic rings. The van der Waals surface area contributed by atoms with Gasteiger partial charge in [-0.15, -0.1) is 16.4 Å². The van der Waals surface area contributed by atoms with Gasteiger partial charge in [0.05, 0.1) is 5.56 Å². The maximum absolute atomic E-state index is 13.4. The summed E-state index contributed by atoms with van der Waals surface area (Å²) >= 11 is 0.797. The molecule has 234 valence electrons. The van der Waals surface area contributed by atoms with Crippen LogP contribution in [-0.4, -0.2) is 56.0 Å². The summed E-state index contributed by atoms with van der Waals surface area (Å²) in [5, 5.41) is 14.2. The first-order valence-corrected chi connectivity index (χ1v) is 14.4. The van der Waals surface area contributed by atoms with Gasteiger partial charge in [0, 0.05) is 53.8 Å². The highest BCUT2D eigenvalue weighted by Gasteiger charge is 2.34. The summed E-state index contributed by atoms with van der Waals surface area (Å²) in [6, 6.07) is 2.48. The molecule has 4 aromatic rings. The molecule has 0 saturated carbocycles. The summed E-state index contributed by atoms with van der Waals surface area (Å²) in [4.78, 5) is 38.6. The van der Waals surface area contributed by atoms with Crippen LogP contribution in [0.15, 0.2) is 40.5 Å². The number of thiazole rings is 1. The highest BCUT2D eigenvalue weighted by molar-refractivity contribution is 7.13. The highest BCUT2D eigenvalue weighted by atomic mass is 32.1. The van der Waals surface area contributed by atoms with Crippen molar-refractivity contribution in [2.24, 2.45) is 5.92 Å². The Morgan fingerprint density at radius 2 is 1.80 bits per heavy atom. The van der Waals surface area contributed by atoms with Crippen LogP contribution in [0, 0.1) is 5.92 Å². The van der Waals surface area contributed by atoms with Crippen molar-refractivity contribution >= 4 is 35.3 Å². The number of nitrogens with zero attached hydrogens (tertiary/aromatic N) is 6. The molecule has 2 N–H and O–H groups in total. The van der Waals surface area contributed by atoms with E-state index in [1.165, 1.54) is 29.6 Å².